The first-order chi connectivity index (χ1) is 18.4. The van der Waals surface area contributed by atoms with Crippen LogP contribution in [-0.4, -0.2) is 21.9 Å². The highest BCUT2D eigenvalue weighted by atomic mass is 35.5. The molecule has 1 aromatic heterocycles. The van der Waals surface area contributed by atoms with E-state index in [9.17, 15) is 14.9 Å². The van der Waals surface area contributed by atoms with Crippen LogP contribution in [0.4, 0.5) is 10.8 Å². The van der Waals surface area contributed by atoms with Crippen LogP contribution >= 0.6 is 34.7 Å². The molecule has 2 aromatic carbocycles. The van der Waals surface area contributed by atoms with Crippen molar-refractivity contribution in [3.8, 4) is 6.07 Å². The lowest BCUT2D eigenvalue weighted by Crippen LogP contribution is -2.50. The fourth-order valence-corrected chi connectivity index (χ4v) is 7.60. The number of ketones is 1. The van der Waals surface area contributed by atoms with Gasteiger partial charge < -0.3 is 11.1 Å². The van der Waals surface area contributed by atoms with Crippen molar-refractivity contribution in [1.29, 1.82) is 5.26 Å². The monoisotopic (exact) mass is 560 g/mol. The summed E-state index contributed by atoms with van der Waals surface area (Å²) in [5.74, 6) is 0.0888. The molecule has 0 bridgehead atoms. The zero-order valence-electron chi connectivity index (χ0n) is 20.2. The maximum atomic E-state index is 13.7. The predicted octanol–water partition coefficient (Wildman–Crippen LogP) is 5.20. The Kier molecular flexibility index (Phi) is 6.02. The molecule has 3 aliphatic rings. The predicted molar refractivity (Wildman–Crippen MR) is 148 cm³/mol. The molecule has 1 spiro atoms. The normalized spacial score (nSPS) is 20.5. The van der Waals surface area contributed by atoms with E-state index in [1.807, 2.05) is 43.3 Å². The molecule has 11 heteroatoms. The minimum absolute atomic E-state index is 0.0221. The Balaban J connectivity index is 1.48. The summed E-state index contributed by atoms with van der Waals surface area (Å²) < 4.78 is 0.690. The smallest absolute Gasteiger partial charge is 0.245 e. The summed E-state index contributed by atoms with van der Waals surface area (Å²) in [5.41, 5.74) is 9.08. The zero-order valence-corrected chi connectivity index (χ0v) is 22.6. The fraction of sp³-hybridized carbons (Fsp3) is 0.222. The average molecular weight is 561 g/mol. The number of hydrogen-bond acceptors (Lipinski definition) is 9. The maximum Gasteiger partial charge on any atom is 0.245 e. The third kappa shape index (κ3) is 3.57. The number of halogens is 1. The van der Waals surface area contributed by atoms with Crippen molar-refractivity contribution in [2.45, 2.75) is 41.7 Å². The van der Waals surface area contributed by atoms with Crippen LogP contribution in [0.5, 0.6) is 0 Å². The van der Waals surface area contributed by atoms with Gasteiger partial charge >= 0.3 is 0 Å². The van der Waals surface area contributed by atoms with Crippen molar-refractivity contribution < 1.29 is 9.59 Å². The fourth-order valence-electron chi connectivity index (χ4n) is 5.43. The first-order valence-corrected chi connectivity index (χ1v) is 14.1. The van der Waals surface area contributed by atoms with E-state index in [0.717, 1.165) is 11.1 Å². The van der Waals surface area contributed by atoms with E-state index in [0.29, 0.717) is 55.6 Å². The van der Waals surface area contributed by atoms with Crippen molar-refractivity contribution in [2.75, 3.05) is 10.2 Å². The molecule has 190 valence electrons. The molecule has 3 N–H and O–H groups in total. The number of fused-ring (bicyclic) bond motifs is 3. The molecule has 0 fully saturated rings. The van der Waals surface area contributed by atoms with E-state index in [4.69, 9.17) is 17.3 Å². The molecular weight excluding hydrogens is 540 g/mol. The van der Waals surface area contributed by atoms with E-state index in [2.05, 4.69) is 21.6 Å². The Morgan fingerprint density at radius 3 is 2.84 bits per heavy atom. The third-order valence-electron chi connectivity index (χ3n) is 7.08. The third-order valence-corrected chi connectivity index (χ3v) is 9.54. The first-order valence-electron chi connectivity index (χ1n) is 12.0. The molecule has 0 unspecified atom stereocenters. The number of rotatable bonds is 4. The van der Waals surface area contributed by atoms with Gasteiger partial charge in [0.2, 0.25) is 11.0 Å². The van der Waals surface area contributed by atoms with Crippen LogP contribution in [-0.2, 0) is 20.8 Å². The molecule has 1 atom stereocenters. The summed E-state index contributed by atoms with van der Waals surface area (Å²) in [6, 6.07) is 15.3. The lowest BCUT2D eigenvalue weighted by Gasteiger charge is -2.42. The van der Waals surface area contributed by atoms with Crippen LogP contribution in [0.15, 0.2) is 69.5 Å². The minimum atomic E-state index is -1.59. The number of nitriles is 1. The summed E-state index contributed by atoms with van der Waals surface area (Å²) in [4.78, 5) is 29.0. The molecule has 6 rings (SSSR count). The molecular formula is C27H21ClN6O2S2. The van der Waals surface area contributed by atoms with Gasteiger partial charge in [0.05, 0.1) is 5.57 Å². The lowest BCUT2D eigenvalue weighted by atomic mass is 9.64. The first kappa shape index (κ1) is 24.7. The Labute approximate surface area is 232 Å². The molecule has 0 saturated carbocycles. The number of hydrogen-bond donors (Lipinski definition) is 2. The van der Waals surface area contributed by atoms with Gasteiger partial charge in [0, 0.05) is 39.7 Å². The second-order valence-electron chi connectivity index (χ2n) is 9.29. The van der Waals surface area contributed by atoms with Crippen LogP contribution in [0.25, 0.3) is 0 Å². The van der Waals surface area contributed by atoms with Crippen molar-refractivity contribution in [1.82, 2.24) is 10.2 Å². The molecule has 38 heavy (non-hydrogen) atoms. The standard InChI is InChI=1S/C27H21ClN6O2S2/c1-14-9-10-19-16(11-14)27(24(36)31-19)17(12-29)23(30)34(20-7-4-8-21(35)22(20)27)25-32-33-26(38-25)37-13-15-5-2-3-6-18(15)28/h2-3,5-6,9-11H,4,7-8,13,30H2,1H3,(H,31,36)/t27-/m1/s1. The van der Waals surface area contributed by atoms with Gasteiger partial charge in [0.1, 0.15) is 17.3 Å². The highest BCUT2D eigenvalue weighted by Gasteiger charge is 2.60. The van der Waals surface area contributed by atoms with Crippen LogP contribution in [0.2, 0.25) is 5.02 Å². The molecule has 2 aliphatic heterocycles. The quantitative estimate of drug-likeness (QED) is 0.417. The van der Waals surface area contributed by atoms with Crippen LogP contribution in [0.1, 0.15) is 36.0 Å². The van der Waals surface area contributed by atoms with Gasteiger partial charge in [-0.1, -0.05) is 70.6 Å². The number of aromatic nitrogens is 2. The molecule has 3 heterocycles. The van der Waals surface area contributed by atoms with E-state index >= 15 is 0 Å². The lowest BCUT2D eigenvalue weighted by molar-refractivity contribution is -0.122. The van der Waals surface area contributed by atoms with Crippen molar-refractivity contribution in [2.24, 2.45) is 5.73 Å². The number of amides is 1. The minimum Gasteiger partial charge on any atom is -0.384 e. The Bertz CT molecular complexity index is 1640. The van der Waals surface area contributed by atoms with Crippen molar-refractivity contribution >= 4 is 57.2 Å². The Morgan fingerprint density at radius 1 is 1.24 bits per heavy atom. The number of nitrogens with one attached hydrogen (secondary N) is 1. The molecule has 0 radical (unpaired) electrons. The number of Topliss-reactive ketones (excluding diaryl/α,β-unsaturated/α-hetero) is 1. The number of anilines is 2. The highest BCUT2D eigenvalue weighted by molar-refractivity contribution is 8.00. The summed E-state index contributed by atoms with van der Waals surface area (Å²) in [7, 11) is 0. The highest BCUT2D eigenvalue weighted by Crippen LogP contribution is 2.55. The largest absolute Gasteiger partial charge is 0.384 e. The summed E-state index contributed by atoms with van der Waals surface area (Å²) >= 11 is 9.10. The Morgan fingerprint density at radius 2 is 2.05 bits per heavy atom. The van der Waals surface area contributed by atoms with Gasteiger partial charge in [-0.15, -0.1) is 10.2 Å². The topological polar surface area (TPSA) is 125 Å². The van der Waals surface area contributed by atoms with Crippen LogP contribution in [0.3, 0.4) is 0 Å². The van der Waals surface area contributed by atoms with Crippen molar-refractivity contribution in [3.05, 3.63) is 86.8 Å². The second-order valence-corrected chi connectivity index (χ2v) is 11.9. The summed E-state index contributed by atoms with van der Waals surface area (Å²) in [5, 5.41) is 23.1. The number of aryl methyl sites for hydroxylation is 1. The van der Waals surface area contributed by atoms with Gasteiger partial charge in [-0.05, 0) is 37.5 Å². The second kappa shape index (κ2) is 9.27. The van der Waals surface area contributed by atoms with Gasteiger partial charge in [-0.2, -0.15) is 5.26 Å². The molecule has 1 amide bonds. The van der Waals surface area contributed by atoms with Gasteiger partial charge in [-0.25, -0.2) is 0 Å². The van der Waals surface area contributed by atoms with Gasteiger partial charge in [-0.3, -0.25) is 14.5 Å². The molecule has 0 saturated heterocycles. The summed E-state index contributed by atoms with van der Waals surface area (Å²) in [6.07, 6.45) is 1.41. The number of nitrogens with zero attached hydrogens (tertiary/aromatic N) is 4. The molecule has 3 aromatic rings. The maximum absolute atomic E-state index is 13.7. The zero-order chi connectivity index (χ0) is 26.6. The van der Waals surface area contributed by atoms with Crippen LogP contribution < -0.4 is 16.0 Å². The van der Waals surface area contributed by atoms with Gasteiger partial charge in [0.25, 0.3) is 0 Å². The number of benzene rings is 2. The van der Waals surface area contributed by atoms with Crippen molar-refractivity contribution in [3.63, 3.8) is 0 Å². The number of allylic oxidation sites excluding steroid dienone is 1. The van der Waals surface area contributed by atoms with E-state index in [1.165, 1.54) is 23.1 Å². The van der Waals surface area contributed by atoms with E-state index < -0.39 is 11.3 Å². The SMILES string of the molecule is Cc1ccc2c(c1)[C@@]1(C(=O)N2)C(C#N)=C(N)N(c2nnc(SCc3ccccc3Cl)s2)C2=C1C(=O)CCC2. The number of carbonyl (C=O) groups is 2. The molecule has 1 aliphatic carbocycles. The number of nitrogens with two attached hydrogens (primary N) is 1. The van der Waals surface area contributed by atoms with Gasteiger partial charge in [0.15, 0.2) is 10.1 Å². The van der Waals surface area contributed by atoms with Crippen LogP contribution in [0, 0.1) is 18.3 Å². The number of carbonyl (C=O) groups excluding carboxylic acids is 2. The van der Waals surface area contributed by atoms with E-state index in [1.54, 1.807) is 11.0 Å². The Hall–Kier alpha value is -3.65. The number of thioether (sulfide) groups is 1. The van der Waals surface area contributed by atoms with E-state index in [-0.39, 0.29) is 23.6 Å². The summed E-state index contributed by atoms with van der Waals surface area (Å²) in [6.45, 7) is 1.91. The average Bonchev–Trinajstić information content (AvgIpc) is 3.47. The molecule has 8 nitrogen and oxygen atoms in total.